The number of methoxy groups -OCH3 is 1. The summed E-state index contributed by atoms with van der Waals surface area (Å²) in [6, 6.07) is 8.83. The lowest BCUT2D eigenvalue weighted by atomic mass is 10.1. The molecule has 0 bridgehead atoms. The average Bonchev–Trinajstić information content (AvgIpc) is 3.26. The lowest BCUT2D eigenvalue weighted by Gasteiger charge is -2.29. The maximum absolute atomic E-state index is 12.0. The number of carbonyl (C=O) groups is 1. The van der Waals surface area contributed by atoms with Gasteiger partial charge in [0.05, 0.1) is 13.2 Å². The first-order valence-corrected chi connectivity index (χ1v) is 10.6. The molecule has 2 unspecified atom stereocenters. The summed E-state index contributed by atoms with van der Waals surface area (Å²) in [5.41, 5.74) is 1.26. The van der Waals surface area contributed by atoms with Crippen molar-refractivity contribution in [2.45, 2.75) is 45.2 Å². The van der Waals surface area contributed by atoms with Gasteiger partial charge in [0.2, 0.25) is 5.91 Å². The van der Waals surface area contributed by atoms with Gasteiger partial charge < -0.3 is 20.3 Å². The molecule has 1 amide bonds. The Balaban J connectivity index is 0.00000450. The first kappa shape index (κ1) is 26.5. The van der Waals surface area contributed by atoms with Crippen molar-refractivity contribution in [3.63, 3.8) is 0 Å². The van der Waals surface area contributed by atoms with Crippen LogP contribution in [0.1, 0.15) is 44.7 Å². The van der Waals surface area contributed by atoms with Crippen LogP contribution in [0.2, 0.25) is 0 Å². The number of aliphatic imine (C=N–C) groups is 1. The molecule has 0 saturated carbocycles. The van der Waals surface area contributed by atoms with Crippen molar-refractivity contribution in [1.29, 1.82) is 0 Å². The zero-order chi connectivity index (χ0) is 21.2. The van der Waals surface area contributed by atoms with Crippen molar-refractivity contribution in [3.05, 3.63) is 29.8 Å². The van der Waals surface area contributed by atoms with E-state index >= 15 is 0 Å². The van der Waals surface area contributed by atoms with E-state index in [2.05, 4.69) is 46.5 Å². The van der Waals surface area contributed by atoms with E-state index in [0.717, 1.165) is 31.8 Å². The Morgan fingerprint density at radius 3 is 2.40 bits per heavy atom. The van der Waals surface area contributed by atoms with E-state index < -0.39 is 0 Å². The Hall–Kier alpha value is -1.55. The number of nitrogens with one attached hydrogen (secondary N) is 2. The average molecular weight is 531 g/mol. The topological polar surface area (TPSA) is 69.2 Å². The zero-order valence-electron chi connectivity index (χ0n) is 19.0. The summed E-state index contributed by atoms with van der Waals surface area (Å²) in [6.07, 6.45) is 3.45. The highest BCUT2D eigenvalue weighted by Gasteiger charge is 2.24. The summed E-state index contributed by atoms with van der Waals surface area (Å²) < 4.78 is 5.31. The van der Waals surface area contributed by atoms with Gasteiger partial charge >= 0.3 is 0 Å². The smallest absolute Gasteiger partial charge is 0.243 e. The number of amides is 1. The van der Waals surface area contributed by atoms with Gasteiger partial charge in [-0.3, -0.25) is 9.69 Å². The van der Waals surface area contributed by atoms with Gasteiger partial charge in [-0.1, -0.05) is 19.1 Å². The SMILES string of the molecule is CCC(C)NC(=NCC(=O)N(C)C)NCC(c1ccc(OC)cc1)N1CCCC1.I. The van der Waals surface area contributed by atoms with E-state index in [-0.39, 0.29) is 48.5 Å². The number of benzene rings is 1. The minimum Gasteiger partial charge on any atom is -0.497 e. The maximum Gasteiger partial charge on any atom is 0.243 e. The van der Waals surface area contributed by atoms with Crippen LogP contribution in [0.25, 0.3) is 0 Å². The van der Waals surface area contributed by atoms with E-state index in [9.17, 15) is 4.79 Å². The Morgan fingerprint density at radius 1 is 1.23 bits per heavy atom. The molecule has 0 aromatic heterocycles. The van der Waals surface area contributed by atoms with Gasteiger partial charge in [-0.05, 0) is 57.0 Å². The van der Waals surface area contributed by atoms with Gasteiger partial charge in [-0.25, -0.2) is 4.99 Å². The van der Waals surface area contributed by atoms with Crippen LogP contribution >= 0.6 is 24.0 Å². The third-order valence-electron chi connectivity index (χ3n) is 5.41. The molecule has 0 spiro atoms. The van der Waals surface area contributed by atoms with Crippen LogP contribution in [0.5, 0.6) is 5.75 Å². The molecule has 8 heteroatoms. The molecular formula is C22H38IN5O2. The summed E-state index contributed by atoms with van der Waals surface area (Å²) in [4.78, 5) is 20.6. The van der Waals surface area contributed by atoms with Crippen molar-refractivity contribution in [2.24, 2.45) is 4.99 Å². The maximum atomic E-state index is 12.0. The highest BCUT2D eigenvalue weighted by atomic mass is 127. The second kappa shape index (κ2) is 13.7. The van der Waals surface area contributed by atoms with Crippen molar-refractivity contribution in [3.8, 4) is 5.75 Å². The first-order chi connectivity index (χ1) is 13.9. The van der Waals surface area contributed by atoms with Crippen LogP contribution in [-0.2, 0) is 4.79 Å². The van der Waals surface area contributed by atoms with Crippen LogP contribution in [0.15, 0.2) is 29.3 Å². The van der Waals surface area contributed by atoms with Gasteiger partial charge in [0.25, 0.3) is 0 Å². The number of guanidine groups is 1. The summed E-state index contributed by atoms with van der Waals surface area (Å²) >= 11 is 0. The highest BCUT2D eigenvalue weighted by Crippen LogP contribution is 2.26. The molecule has 1 aromatic carbocycles. The van der Waals surface area contributed by atoms with Crippen molar-refractivity contribution < 1.29 is 9.53 Å². The molecule has 2 rings (SSSR count). The molecular weight excluding hydrogens is 493 g/mol. The Labute approximate surface area is 198 Å². The van der Waals surface area contributed by atoms with E-state index in [1.165, 1.54) is 18.4 Å². The predicted octanol–water partition coefficient (Wildman–Crippen LogP) is 2.87. The fraction of sp³-hybridized carbons (Fsp3) is 0.636. The van der Waals surface area contributed by atoms with Crippen molar-refractivity contribution in [1.82, 2.24) is 20.4 Å². The van der Waals surface area contributed by atoms with Crippen LogP contribution in [-0.4, -0.2) is 75.1 Å². The molecule has 2 atom stereocenters. The van der Waals surface area contributed by atoms with Gasteiger partial charge in [0.15, 0.2) is 5.96 Å². The van der Waals surface area contributed by atoms with Gasteiger partial charge in [0.1, 0.15) is 12.3 Å². The van der Waals surface area contributed by atoms with E-state index in [4.69, 9.17) is 4.74 Å². The third kappa shape index (κ3) is 8.29. The summed E-state index contributed by atoms with van der Waals surface area (Å²) in [5, 5.41) is 6.88. The Morgan fingerprint density at radius 2 is 1.87 bits per heavy atom. The number of carbonyl (C=O) groups excluding carboxylic acids is 1. The Kier molecular flexibility index (Phi) is 12.1. The molecule has 1 saturated heterocycles. The van der Waals surface area contributed by atoms with Crippen LogP contribution < -0.4 is 15.4 Å². The number of halogens is 1. The molecule has 1 heterocycles. The molecule has 30 heavy (non-hydrogen) atoms. The first-order valence-electron chi connectivity index (χ1n) is 10.6. The second-order valence-corrected chi connectivity index (χ2v) is 7.82. The lowest BCUT2D eigenvalue weighted by molar-refractivity contribution is -0.127. The largest absolute Gasteiger partial charge is 0.497 e. The number of hydrogen-bond donors (Lipinski definition) is 2. The molecule has 2 N–H and O–H groups in total. The Bertz CT molecular complexity index is 660. The van der Waals surface area contributed by atoms with Crippen molar-refractivity contribution >= 4 is 35.8 Å². The third-order valence-corrected chi connectivity index (χ3v) is 5.41. The molecule has 1 fully saturated rings. The number of likely N-dealkylation sites (N-methyl/N-ethyl adjacent to an activating group) is 1. The van der Waals surface area contributed by atoms with Crippen molar-refractivity contribution in [2.75, 3.05) is 47.4 Å². The summed E-state index contributed by atoms with van der Waals surface area (Å²) in [6.45, 7) is 7.31. The zero-order valence-corrected chi connectivity index (χ0v) is 21.3. The monoisotopic (exact) mass is 531 g/mol. The van der Waals surface area contributed by atoms with Gasteiger partial charge in [-0.15, -0.1) is 24.0 Å². The fourth-order valence-electron chi connectivity index (χ4n) is 3.31. The number of ether oxygens (including phenoxy) is 1. The fourth-order valence-corrected chi connectivity index (χ4v) is 3.31. The number of hydrogen-bond acceptors (Lipinski definition) is 4. The minimum atomic E-state index is -0.0125. The standard InChI is InChI=1S/C22H37N5O2.HI/c1-6-17(2)25-22(24-16-21(28)26(3)4)23-15-20(27-13-7-8-14-27)18-9-11-19(29-5)12-10-18;/h9-12,17,20H,6-8,13-16H2,1-5H3,(H2,23,24,25);1H. The lowest BCUT2D eigenvalue weighted by Crippen LogP contribution is -2.46. The second-order valence-electron chi connectivity index (χ2n) is 7.82. The molecule has 1 aromatic rings. The van der Waals surface area contributed by atoms with Gasteiger partial charge in [-0.2, -0.15) is 0 Å². The molecule has 170 valence electrons. The van der Waals surface area contributed by atoms with Crippen LogP contribution in [0, 0.1) is 0 Å². The normalized spacial score (nSPS) is 16.4. The number of rotatable bonds is 9. The number of likely N-dealkylation sites (tertiary alicyclic amines) is 1. The van der Waals surface area contributed by atoms with Crippen LogP contribution in [0.3, 0.4) is 0 Å². The minimum absolute atomic E-state index is 0. The molecule has 0 radical (unpaired) electrons. The molecule has 7 nitrogen and oxygen atoms in total. The van der Waals surface area contributed by atoms with E-state index in [1.54, 1.807) is 26.1 Å². The molecule has 0 aliphatic carbocycles. The summed E-state index contributed by atoms with van der Waals surface area (Å²) in [5.74, 6) is 1.54. The number of nitrogens with zero attached hydrogens (tertiary/aromatic N) is 3. The predicted molar refractivity (Wildman–Crippen MR) is 134 cm³/mol. The van der Waals surface area contributed by atoms with Crippen LogP contribution in [0.4, 0.5) is 0 Å². The van der Waals surface area contributed by atoms with Gasteiger partial charge in [0, 0.05) is 26.7 Å². The molecule has 1 aliphatic rings. The van der Waals surface area contributed by atoms with E-state index in [1.807, 2.05) is 12.1 Å². The van der Waals surface area contributed by atoms with E-state index in [0.29, 0.717) is 5.96 Å². The quantitative estimate of drug-likeness (QED) is 0.292. The highest BCUT2D eigenvalue weighted by molar-refractivity contribution is 14.0. The summed E-state index contributed by atoms with van der Waals surface area (Å²) in [7, 11) is 5.19. The molecule has 1 aliphatic heterocycles.